The number of benzene rings is 2. The van der Waals surface area contributed by atoms with Gasteiger partial charge in [-0.15, -0.1) is 0 Å². The standard InChI is InChI=1S/C15H13FN2O/c1-10-5-6-11(8-17)7-14(10)18-9-12-3-2-4-13(16)15(12)19/h2-7,18-19H,9H2,1H3. The quantitative estimate of drug-likeness (QED) is 0.885. The lowest BCUT2D eigenvalue weighted by Crippen LogP contribution is -2.02. The van der Waals surface area contributed by atoms with Crippen LogP contribution in [0.25, 0.3) is 0 Å². The maximum absolute atomic E-state index is 13.2. The van der Waals surface area contributed by atoms with Crippen molar-refractivity contribution in [2.45, 2.75) is 13.5 Å². The number of hydrogen-bond donors (Lipinski definition) is 2. The van der Waals surface area contributed by atoms with Crippen molar-refractivity contribution in [3.8, 4) is 11.8 Å². The molecule has 0 aliphatic rings. The second-order valence-electron chi connectivity index (χ2n) is 4.24. The smallest absolute Gasteiger partial charge is 0.165 e. The molecule has 3 nitrogen and oxygen atoms in total. The van der Waals surface area contributed by atoms with Crippen molar-refractivity contribution in [2.24, 2.45) is 0 Å². The van der Waals surface area contributed by atoms with E-state index in [1.807, 2.05) is 13.0 Å². The monoisotopic (exact) mass is 256 g/mol. The Balaban J connectivity index is 2.19. The van der Waals surface area contributed by atoms with Crippen LogP contribution in [-0.4, -0.2) is 5.11 Å². The molecule has 0 saturated heterocycles. The molecular formula is C15H13FN2O. The summed E-state index contributed by atoms with van der Waals surface area (Å²) in [7, 11) is 0. The van der Waals surface area contributed by atoms with Crippen LogP contribution in [-0.2, 0) is 6.54 Å². The maximum atomic E-state index is 13.2. The van der Waals surface area contributed by atoms with Crippen molar-refractivity contribution in [1.82, 2.24) is 0 Å². The number of rotatable bonds is 3. The molecule has 0 aromatic heterocycles. The highest BCUT2D eigenvalue weighted by Crippen LogP contribution is 2.23. The maximum Gasteiger partial charge on any atom is 0.165 e. The molecule has 2 aromatic rings. The minimum Gasteiger partial charge on any atom is -0.505 e. The van der Waals surface area contributed by atoms with Crippen LogP contribution in [0, 0.1) is 24.1 Å². The summed E-state index contributed by atoms with van der Waals surface area (Å²) < 4.78 is 13.2. The predicted octanol–water partition coefficient (Wildman–Crippen LogP) is 3.32. The van der Waals surface area contributed by atoms with Gasteiger partial charge in [0.15, 0.2) is 11.6 Å². The van der Waals surface area contributed by atoms with E-state index in [-0.39, 0.29) is 5.75 Å². The lowest BCUT2D eigenvalue weighted by molar-refractivity contribution is 0.427. The second-order valence-corrected chi connectivity index (χ2v) is 4.24. The number of nitrogens with zero attached hydrogens (tertiary/aromatic N) is 1. The third-order valence-electron chi connectivity index (χ3n) is 2.91. The van der Waals surface area contributed by atoms with E-state index < -0.39 is 5.82 Å². The molecule has 0 atom stereocenters. The number of nitriles is 1. The first-order chi connectivity index (χ1) is 9.11. The summed E-state index contributed by atoms with van der Waals surface area (Å²) in [6.45, 7) is 2.20. The van der Waals surface area contributed by atoms with Gasteiger partial charge in [-0.1, -0.05) is 18.2 Å². The van der Waals surface area contributed by atoms with Crippen molar-refractivity contribution < 1.29 is 9.50 Å². The summed E-state index contributed by atoms with van der Waals surface area (Å²) in [5, 5.41) is 21.5. The van der Waals surface area contributed by atoms with Crippen molar-refractivity contribution in [3.63, 3.8) is 0 Å². The molecule has 2 aromatic carbocycles. The lowest BCUT2D eigenvalue weighted by atomic mass is 10.1. The zero-order chi connectivity index (χ0) is 13.8. The number of phenols is 1. The third kappa shape index (κ3) is 2.83. The topological polar surface area (TPSA) is 56.0 Å². The van der Waals surface area contributed by atoms with E-state index >= 15 is 0 Å². The molecule has 0 spiro atoms. The summed E-state index contributed by atoms with van der Waals surface area (Å²) in [5.74, 6) is -0.981. The van der Waals surface area contributed by atoms with Crippen molar-refractivity contribution in [1.29, 1.82) is 5.26 Å². The van der Waals surface area contributed by atoms with Gasteiger partial charge in [-0.3, -0.25) is 0 Å². The Hall–Kier alpha value is -2.54. The normalized spacial score (nSPS) is 9.95. The zero-order valence-corrected chi connectivity index (χ0v) is 10.4. The van der Waals surface area contributed by atoms with E-state index in [0.717, 1.165) is 11.3 Å². The summed E-state index contributed by atoms with van der Waals surface area (Å²) in [6.07, 6.45) is 0. The molecule has 0 bridgehead atoms. The van der Waals surface area contributed by atoms with E-state index in [2.05, 4.69) is 11.4 Å². The Kier molecular flexibility index (Phi) is 3.67. The molecule has 0 radical (unpaired) electrons. The third-order valence-corrected chi connectivity index (χ3v) is 2.91. The van der Waals surface area contributed by atoms with E-state index in [1.54, 1.807) is 24.3 Å². The number of hydrogen-bond acceptors (Lipinski definition) is 3. The van der Waals surface area contributed by atoms with Gasteiger partial charge in [0.1, 0.15) is 0 Å². The Morgan fingerprint density at radius 2 is 2.11 bits per heavy atom. The van der Waals surface area contributed by atoms with E-state index in [9.17, 15) is 9.50 Å². The van der Waals surface area contributed by atoms with Gasteiger partial charge in [0.05, 0.1) is 11.6 Å². The molecule has 0 amide bonds. The summed E-state index contributed by atoms with van der Waals surface area (Å²) in [6, 6.07) is 11.8. The SMILES string of the molecule is Cc1ccc(C#N)cc1NCc1cccc(F)c1O. The predicted molar refractivity (Wildman–Crippen MR) is 71.3 cm³/mol. The largest absolute Gasteiger partial charge is 0.505 e. The molecule has 0 heterocycles. The van der Waals surface area contributed by atoms with Gasteiger partial charge >= 0.3 is 0 Å². The van der Waals surface area contributed by atoms with Gasteiger partial charge in [-0.2, -0.15) is 5.26 Å². The second kappa shape index (κ2) is 5.40. The molecule has 0 unspecified atom stereocenters. The Morgan fingerprint density at radius 3 is 2.84 bits per heavy atom. The fourth-order valence-electron chi connectivity index (χ4n) is 1.78. The fourth-order valence-corrected chi connectivity index (χ4v) is 1.78. The molecule has 19 heavy (non-hydrogen) atoms. The molecule has 96 valence electrons. The molecular weight excluding hydrogens is 243 g/mol. The van der Waals surface area contributed by atoms with Gasteiger partial charge in [0, 0.05) is 17.8 Å². The number of para-hydroxylation sites is 1. The van der Waals surface area contributed by atoms with Gasteiger partial charge in [-0.25, -0.2) is 4.39 Å². The van der Waals surface area contributed by atoms with Crippen LogP contribution in [0.5, 0.6) is 5.75 Å². The molecule has 2 N–H and O–H groups in total. The number of aryl methyl sites for hydroxylation is 1. The van der Waals surface area contributed by atoms with Crippen LogP contribution >= 0.6 is 0 Å². The van der Waals surface area contributed by atoms with E-state index in [4.69, 9.17) is 5.26 Å². The lowest BCUT2D eigenvalue weighted by Gasteiger charge is -2.11. The highest BCUT2D eigenvalue weighted by atomic mass is 19.1. The first-order valence-electron chi connectivity index (χ1n) is 5.83. The first-order valence-corrected chi connectivity index (χ1v) is 5.83. The zero-order valence-electron chi connectivity index (χ0n) is 10.4. The van der Waals surface area contributed by atoms with E-state index in [0.29, 0.717) is 17.7 Å². The summed E-state index contributed by atoms with van der Waals surface area (Å²) >= 11 is 0. The average molecular weight is 256 g/mol. The minimum absolute atomic E-state index is 0.291. The molecule has 0 aliphatic carbocycles. The summed E-state index contributed by atoms with van der Waals surface area (Å²) in [4.78, 5) is 0. The molecule has 4 heteroatoms. The van der Waals surface area contributed by atoms with Crippen molar-refractivity contribution >= 4 is 5.69 Å². The van der Waals surface area contributed by atoms with Gasteiger partial charge in [0.25, 0.3) is 0 Å². The highest BCUT2D eigenvalue weighted by Gasteiger charge is 2.07. The van der Waals surface area contributed by atoms with Crippen molar-refractivity contribution in [2.75, 3.05) is 5.32 Å². The average Bonchev–Trinajstić information content (AvgIpc) is 2.42. The minimum atomic E-state index is -0.637. The highest BCUT2D eigenvalue weighted by molar-refractivity contribution is 5.55. The number of phenolic OH excluding ortho intramolecular Hbond substituents is 1. The van der Waals surface area contributed by atoms with Crippen LogP contribution in [0.2, 0.25) is 0 Å². The number of anilines is 1. The van der Waals surface area contributed by atoms with E-state index in [1.165, 1.54) is 6.07 Å². The van der Waals surface area contributed by atoms with Gasteiger partial charge in [-0.05, 0) is 30.7 Å². The Bertz CT molecular complexity index is 647. The van der Waals surface area contributed by atoms with Crippen LogP contribution in [0.1, 0.15) is 16.7 Å². The molecule has 2 rings (SSSR count). The van der Waals surface area contributed by atoms with Crippen LogP contribution in [0.15, 0.2) is 36.4 Å². The van der Waals surface area contributed by atoms with Gasteiger partial charge < -0.3 is 10.4 Å². The fraction of sp³-hybridized carbons (Fsp3) is 0.133. The first kappa shape index (κ1) is 12.9. The van der Waals surface area contributed by atoms with Crippen LogP contribution in [0.4, 0.5) is 10.1 Å². The molecule has 0 fully saturated rings. The van der Waals surface area contributed by atoms with Crippen LogP contribution < -0.4 is 5.32 Å². The summed E-state index contributed by atoms with van der Waals surface area (Å²) in [5.41, 5.74) is 2.80. The molecule has 0 aliphatic heterocycles. The molecule has 0 saturated carbocycles. The van der Waals surface area contributed by atoms with Gasteiger partial charge in [0.2, 0.25) is 0 Å². The Morgan fingerprint density at radius 1 is 1.32 bits per heavy atom. The van der Waals surface area contributed by atoms with Crippen molar-refractivity contribution in [3.05, 3.63) is 58.9 Å². The Labute approximate surface area is 110 Å². The number of halogens is 1. The number of nitrogens with one attached hydrogen (secondary N) is 1. The van der Waals surface area contributed by atoms with Crippen LogP contribution in [0.3, 0.4) is 0 Å². The number of aromatic hydroxyl groups is 1.